The van der Waals surface area contributed by atoms with Gasteiger partial charge in [0.05, 0.1) is 12.1 Å². The maximum Gasteiger partial charge on any atom is 0.117 e. The van der Waals surface area contributed by atoms with E-state index >= 15 is 0 Å². The number of furan rings is 1. The predicted molar refractivity (Wildman–Crippen MR) is 73.1 cm³/mol. The van der Waals surface area contributed by atoms with Gasteiger partial charge in [0.2, 0.25) is 0 Å². The Hall–Kier alpha value is -1.58. The summed E-state index contributed by atoms with van der Waals surface area (Å²) in [6.07, 6.45) is 0. The van der Waals surface area contributed by atoms with Crippen molar-refractivity contribution < 1.29 is 4.42 Å². The Bertz CT molecular complexity index is 488. The molecule has 0 amide bonds. The predicted octanol–water partition coefficient (Wildman–Crippen LogP) is 2.55. The topological polar surface area (TPSA) is 51.2 Å². The Balaban J connectivity index is 1.89. The highest BCUT2D eigenvalue weighted by atomic mass is 16.3. The van der Waals surface area contributed by atoms with E-state index < -0.39 is 0 Å². The molecular weight excluding hydrogens is 224 g/mol. The summed E-state index contributed by atoms with van der Waals surface area (Å²) >= 11 is 0. The van der Waals surface area contributed by atoms with Gasteiger partial charge in [0.1, 0.15) is 11.5 Å². The summed E-state index contributed by atoms with van der Waals surface area (Å²) < 4.78 is 5.50. The monoisotopic (exact) mass is 244 g/mol. The van der Waals surface area contributed by atoms with Crippen LogP contribution in [0.15, 0.2) is 46.9 Å². The van der Waals surface area contributed by atoms with Crippen molar-refractivity contribution in [3.63, 3.8) is 0 Å². The molecule has 0 saturated heterocycles. The molecule has 0 radical (unpaired) electrons. The van der Waals surface area contributed by atoms with Crippen LogP contribution in [0.5, 0.6) is 0 Å². The highest BCUT2D eigenvalue weighted by Crippen LogP contribution is 2.16. The fraction of sp³-hybridized carbons (Fsp3) is 0.333. The Morgan fingerprint density at radius 3 is 2.50 bits per heavy atom. The van der Waals surface area contributed by atoms with E-state index in [-0.39, 0.29) is 5.54 Å². The SMILES string of the molecule is Cc1ccc(CNCC(C)(N)c2ccccc2)o1. The van der Waals surface area contributed by atoms with Gasteiger partial charge in [0.15, 0.2) is 0 Å². The summed E-state index contributed by atoms with van der Waals surface area (Å²) in [5, 5.41) is 3.34. The minimum atomic E-state index is -0.372. The number of nitrogens with two attached hydrogens (primary N) is 1. The van der Waals surface area contributed by atoms with Gasteiger partial charge in [0, 0.05) is 6.54 Å². The lowest BCUT2D eigenvalue weighted by molar-refractivity contribution is 0.412. The van der Waals surface area contributed by atoms with Crippen LogP contribution in [-0.4, -0.2) is 6.54 Å². The van der Waals surface area contributed by atoms with Gasteiger partial charge in [-0.05, 0) is 31.5 Å². The fourth-order valence-electron chi connectivity index (χ4n) is 1.95. The van der Waals surface area contributed by atoms with Gasteiger partial charge in [-0.3, -0.25) is 0 Å². The first kappa shape index (κ1) is 12.9. The first-order valence-corrected chi connectivity index (χ1v) is 6.18. The van der Waals surface area contributed by atoms with E-state index in [1.54, 1.807) is 0 Å². The van der Waals surface area contributed by atoms with Crippen molar-refractivity contribution in [2.75, 3.05) is 6.54 Å². The fourth-order valence-corrected chi connectivity index (χ4v) is 1.95. The normalized spacial score (nSPS) is 14.4. The highest BCUT2D eigenvalue weighted by Gasteiger charge is 2.20. The van der Waals surface area contributed by atoms with Crippen LogP contribution >= 0.6 is 0 Å². The third kappa shape index (κ3) is 3.22. The van der Waals surface area contributed by atoms with E-state index in [4.69, 9.17) is 10.2 Å². The van der Waals surface area contributed by atoms with Gasteiger partial charge in [-0.2, -0.15) is 0 Å². The van der Waals surface area contributed by atoms with Gasteiger partial charge in [-0.15, -0.1) is 0 Å². The first-order valence-electron chi connectivity index (χ1n) is 6.18. The standard InChI is InChI=1S/C15H20N2O/c1-12-8-9-14(18-12)10-17-11-15(2,16)13-6-4-3-5-7-13/h3-9,17H,10-11,16H2,1-2H3. The number of benzene rings is 1. The molecule has 0 bridgehead atoms. The van der Waals surface area contributed by atoms with Gasteiger partial charge in [-0.25, -0.2) is 0 Å². The van der Waals surface area contributed by atoms with Gasteiger partial charge in [0.25, 0.3) is 0 Å². The molecule has 0 aliphatic rings. The van der Waals surface area contributed by atoms with Crippen molar-refractivity contribution in [3.05, 3.63) is 59.5 Å². The minimum absolute atomic E-state index is 0.372. The Morgan fingerprint density at radius 1 is 1.17 bits per heavy atom. The van der Waals surface area contributed by atoms with E-state index in [0.717, 1.165) is 17.1 Å². The van der Waals surface area contributed by atoms with Gasteiger partial charge < -0.3 is 15.5 Å². The maximum absolute atomic E-state index is 6.31. The van der Waals surface area contributed by atoms with Crippen molar-refractivity contribution in [1.82, 2.24) is 5.32 Å². The molecule has 0 aliphatic carbocycles. The Labute approximate surface area is 108 Å². The molecule has 3 N–H and O–H groups in total. The summed E-state index contributed by atoms with van der Waals surface area (Å²) in [5.74, 6) is 1.88. The maximum atomic E-state index is 6.31. The molecule has 3 nitrogen and oxygen atoms in total. The largest absolute Gasteiger partial charge is 0.465 e. The zero-order chi connectivity index (χ0) is 13.0. The summed E-state index contributed by atoms with van der Waals surface area (Å²) in [7, 11) is 0. The van der Waals surface area contributed by atoms with Crippen LogP contribution in [0.1, 0.15) is 24.0 Å². The lowest BCUT2D eigenvalue weighted by atomic mass is 9.93. The molecule has 0 saturated carbocycles. The average molecular weight is 244 g/mol. The van der Waals surface area contributed by atoms with Gasteiger partial charge in [-0.1, -0.05) is 30.3 Å². The summed E-state index contributed by atoms with van der Waals surface area (Å²) in [6.45, 7) is 5.38. The molecule has 2 aromatic rings. The average Bonchev–Trinajstić information content (AvgIpc) is 2.76. The molecule has 96 valence electrons. The quantitative estimate of drug-likeness (QED) is 0.850. The van der Waals surface area contributed by atoms with Crippen LogP contribution in [0.4, 0.5) is 0 Å². The lowest BCUT2D eigenvalue weighted by Gasteiger charge is -2.25. The summed E-state index contributed by atoms with van der Waals surface area (Å²) in [4.78, 5) is 0. The van der Waals surface area contributed by atoms with Crippen molar-refractivity contribution >= 4 is 0 Å². The second-order valence-corrected chi connectivity index (χ2v) is 4.90. The van der Waals surface area contributed by atoms with Crippen molar-refractivity contribution in [3.8, 4) is 0 Å². The molecule has 2 rings (SSSR count). The summed E-state index contributed by atoms with van der Waals surface area (Å²) in [5.41, 5.74) is 7.07. The number of hydrogen-bond donors (Lipinski definition) is 2. The molecular formula is C15H20N2O. The van der Waals surface area contributed by atoms with Crippen molar-refractivity contribution in [2.24, 2.45) is 5.73 Å². The second kappa shape index (κ2) is 5.38. The molecule has 18 heavy (non-hydrogen) atoms. The summed E-state index contributed by atoms with van der Waals surface area (Å²) in [6, 6.07) is 14.1. The van der Waals surface area contributed by atoms with E-state index in [9.17, 15) is 0 Å². The molecule has 0 fully saturated rings. The third-order valence-corrected chi connectivity index (χ3v) is 3.02. The van der Waals surface area contributed by atoms with Gasteiger partial charge >= 0.3 is 0 Å². The second-order valence-electron chi connectivity index (χ2n) is 4.90. The molecule has 1 aromatic heterocycles. The number of nitrogens with one attached hydrogen (secondary N) is 1. The Morgan fingerprint density at radius 2 is 1.89 bits per heavy atom. The van der Waals surface area contributed by atoms with Crippen LogP contribution in [0.2, 0.25) is 0 Å². The van der Waals surface area contributed by atoms with Crippen LogP contribution in [0, 0.1) is 6.92 Å². The van der Waals surface area contributed by atoms with E-state index in [1.807, 2.05) is 44.2 Å². The van der Waals surface area contributed by atoms with Crippen LogP contribution in [-0.2, 0) is 12.1 Å². The zero-order valence-corrected chi connectivity index (χ0v) is 10.9. The van der Waals surface area contributed by atoms with Crippen LogP contribution < -0.4 is 11.1 Å². The van der Waals surface area contributed by atoms with E-state index in [2.05, 4.69) is 17.4 Å². The molecule has 1 unspecified atom stereocenters. The first-order chi connectivity index (χ1) is 8.58. The molecule has 0 spiro atoms. The minimum Gasteiger partial charge on any atom is -0.465 e. The third-order valence-electron chi connectivity index (χ3n) is 3.02. The van der Waals surface area contributed by atoms with Crippen LogP contribution in [0.3, 0.4) is 0 Å². The Kier molecular flexibility index (Phi) is 3.84. The van der Waals surface area contributed by atoms with Crippen molar-refractivity contribution in [2.45, 2.75) is 25.9 Å². The lowest BCUT2D eigenvalue weighted by Crippen LogP contribution is -2.43. The molecule has 0 aliphatic heterocycles. The van der Waals surface area contributed by atoms with Crippen LogP contribution in [0.25, 0.3) is 0 Å². The van der Waals surface area contributed by atoms with E-state index in [0.29, 0.717) is 13.1 Å². The highest BCUT2D eigenvalue weighted by molar-refractivity contribution is 5.23. The molecule has 1 aromatic carbocycles. The number of hydrogen-bond acceptors (Lipinski definition) is 3. The van der Waals surface area contributed by atoms with E-state index in [1.165, 1.54) is 0 Å². The number of rotatable bonds is 5. The van der Waals surface area contributed by atoms with Crippen molar-refractivity contribution in [1.29, 1.82) is 0 Å². The zero-order valence-electron chi connectivity index (χ0n) is 10.9. The smallest absolute Gasteiger partial charge is 0.117 e. The number of aryl methyl sites for hydroxylation is 1. The molecule has 1 atom stereocenters. The molecule has 1 heterocycles. The molecule has 3 heteroatoms.